The second-order valence-corrected chi connectivity index (χ2v) is 8.34. The minimum Gasteiger partial charge on any atom is -0.353 e. The zero-order chi connectivity index (χ0) is 19.8. The fourth-order valence-electron chi connectivity index (χ4n) is 3.50. The molecule has 2 aromatic heterocycles. The van der Waals surface area contributed by atoms with E-state index in [-0.39, 0.29) is 5.91 Å². The fourth-order valence-corrected chi connectivity index (χ4v) is 3.90. The van der Waals surface area contributed by atoms with Crippen LogP contribution in [0, 0.1) is 0 Å². The van der Waals surface area contributed by atoms with Crippen LogP contribution in [0.2, 0.25) is 0 Å². The van der Waals surface area contributed by atoms with E-state index in [1.807, 2.05) is 41.3 Å². The molecule has 0 bridgehead atoms. The van der Waals surface area contributed by atoms with Gasteiger partial charge in [-0.25, -0.2) is 4.98 Å². The van der Waals surface area contributed by atoms with Crippen LogP contribution in [0.4, 0.5) is 5.82 Å². The first-order valence-electron chi connectivity index (χ1n) is 9.77. The Morgan fingerprint density at radius 2 is 1.93 bits per heavy atom. The lowest BCUT2D eigenvalue weighted by Gasteiger charge is -2.35. The fraction of sp³-hybridized carbons (Fsp3) is 0.333. The summed E-state index contributed by atoms with van der Waals surface area (Å²) in [6, 6.07) is 11.5. The minimum absolute atomic E-state index is 0.0674. The van der Waals surface area contributed by atoms with Crippen LogP contribution in [0.1, 0.15) is 35.0 Å². The van der Waals surface area contributed by atoms with Gasteiger partial charge in [-0.3, -0.25) is 4.79 Å². The zero-order valence-corrected chi connectivity index (χ0v) is 17.4. The molecule has 0 unspecified atom stereocenters. The number of pyridine rings is 1. The van der Waals surface area contributed by atoms with Crippen LogP contribution in [-0.2, 0) is 0 Å². The topological polar surface area (TPSA) is 75.4 Å². The number of aromatic nitrogens is 3. The van der Waals surface area contributed by atoms with Gasteiger partial charge in [0.15, 0.2) is 0 Å². The van der Waals surface area contributed by atoms with Crippen LogP contribution < -0.4 is 4.90 Å². The smallest absolute Gasteiger partial charge is 0.254 e. The summed E-state index contributed by atoms with van der Waals surface area (Å²) in [5.41, 5.74) is 1.56. The average molecular weight is 454 g/mol. The zero-order valence-electron chi connectivity index (χ0n) is 15.8. The Balaban J connectivity index is 1.22. The third kappa shape index (κ3) is 3.89. The van der Waals surface area contributed by atoms with Crippen LogP contribution in [0.15, 0.2) is 51.6 Å². The molecular weight excluding hydrogens is 434 g/mol. The normalized spacial score (nSPS) is 16.9. The average Bonchev–Trinajstić information content (AvgIpc) is 3.50. The van der Waals surface area contributed by atoms with Crippen molar-refractivity contribution in [2.75, 3.05) is 31.1 Å². The van der Waals surface area contributed by atoms with Gasteiger partial charge < -0.3 is 14.3 Å². The molecule has 1 aromatic carbocycles. The Morgan fingerprint density at radius 3 is 2.62 bits per heavy atom. The highest BCUT2D eigenvalue weighted by atomic mass is 79.9. The van der Waals surface area contributed by atoms with Gasteiger partial charge in [0.05, 0.1) is 0 Å². The molecule has 29 heavy (non-hydrogen) atoms. The van der Waals surface area contributed by atoms with Crippen molar-refractivity contribution in [1.29, 1.82) is 0 Å². The van der Waals surface area contributed by atoms with Crippen LogP contribution in [0.3, 0.4) is 0 Å². The Kier molecular flexibility index (Phi) is 4.79. The van der Waals surface area contributed by atoms with Crippen molar-refractivity contribution in [3.05, 3.63) is 58.5 Å². The van der Waals surface area contributed by atoms with E-state index in [0.717, 1.165) is 47.7 Å². The van der Waals surface area contributed by atoms with Gasteiger partial charge in [-0.15, -0.1) is 0 Å². The van der Waals surface area contributed by atoms with E-state index in [1.165, 1.54) is 0 Å². The second-order valence-electron chi connectivity index (χ2n) is 7.43. The Labute approximate surface area is 176 Å². The maximum Gasteiger partial charge on any atom is 0.254 e. The van der Waals surface area contributed by atoms with E-state index in [1.54, 1.807) is 6.20 Å². The van der Waals surface area contributed by atoms with Crippen molar-refractivity contribution < 1.29 is 9.32 Å². The van der Waals surface area contributed by atoms with Gasteiger partial charge in [-0.1, -0.05) is 27.2 Å². The SMILES string of the molecule is O=C(c1cccc(Br)c1)N1CCN(c2ccc(-c3noc(C4CC4)n3)cn2)CC1. The molecule has 1 aliphatic heterocycles. The molecule has 148 valence electrons. The largest absolute Gasteiger partial charge is 0.353 e. The number of nitrogens with zero attached hydrogens (tertiary/aromatic N) is 5. The van der Waals surface area contributed by atoms with Crippen molar-refractivity contribution in [1.82, 2.24) is 20.0 Å². The molecule has 8 heteroatoms. The molecule has 1 saturated heterocycles. The first kappa shape index (κ1) is 18.3. The lowest BCUT2D eigenvalue weighted by Crippen LogP contribution is -2.49. The number of halogens is 1. The first-order valence-corrected chi connectivity index (χ1v) is 10.6. The number of amides is 1. The quantitative estimate of drug-likeness (QED) is 0.598. The van der Waals surface area contributed by atoms with Crippen LogP contribution in [0.25, 0.3) is 11.4 Å². The van der Waals surface area contributed by atoms with Gasteiger partial charge in [0.25, 0.3) is 5.91 Å². The molecule has 0 N–H and O–H groups in total. The molecule has 1 saturated carbocycles. The van der Waals surface area contributed by atoms with E-state index >= 15 is 0 Å². The summed E-state index contributed by atoms with van der Waals surface area (Å²) in [6.07, 6.45) is 4.06. The number of hydrogen-bond donors (Lipinski definition) is 0. The van der Waals surface area contributed by atoms with Gasteiger partial charge in [-0.2, -0.15) is 4.98 Å². The summed E-state index contributed by atoms with van der Waals surface area (Å²) >= 11 is 3.43. The maximum absolute atomic E-state index is 12.7. The summed E-state index contributed by atoms with van der Waals surface area (Å²) in [5.74, 6) is 2.73. The molecule has 1 aliphatic carbocycles. The molecule has 2 fully saturated rings. The number of anilines is 1. The van der Waals surface area contributed by atoms with Gasteiger partial charge >= 0.3 is 0 Å². The summed E-state index contributed by atoms with van der Waals surface area (Å²) in [7, 11) is 0. The molecule has 2 aliphatic rings. The molecular formula is C21H20BrN5O2. The predicted molar refractivity (Wildman–Crippen MR) is 112 cm³/mol. The van der Waals surface area contributed by atoms with Gasteiger partial charge in [0.1, 0.15) is 5.82 Å². The van der Waals surface area contributed by atoms with Gasteiger partial charge in [0, 0.05) is 53.9 Å². The standard InChI is InChI=1S/C21H20BrN5O2/c22-17-3-1-2-15(12-17)21(28)27-10-8-26(9-11-27)18-7-6-16(13-23-18)19-24-20(29-25-19)14-4-5-14/h1-3,6-7,12-14H,4-5,8-11H2. The molecule has 3 heterocycles. The highest BCUT2D eigenvalue weighted by molar-refractivity contribution is 9.10. The Morgan fingerprint density at radius 1 is 1.10 bits per heavy atom. The van der Waals surface area contributed by atoms with Crippen molar-refractivity contribution in [2.24, 2.45) is 0 Å². The van der Waals surface area contributed by atoms with Gasteiger partial charge in [0.2, 0.25) is 11.7 Å². The van der Waals surface area contributed by atoms with Crippen molar-refractivity contribution in [3.8, 4) is 11.4 Å². The molecule has 7 nitrogen and oxygen atoms in total. The molecule has 0 spiro atoms. The molecule has 3 aromatic rings. The van der Waals surface area contributed by atoms with E-state index in [9.17, 15) is 4.79 Å². The highest BCUT2D eigenvalue weighted by Gasteiger charge is 2.30. The summed E-state index contributed by atoms with van der Waals surface area (Å²) < 4.78 is 6.24. The van der Waals surface area contributed by atoms with Crippen LogP contribution in [-0.4, -0.2) is 52.1 Å². The molecule has 1 amide bonds. The van der Waals surface area contributed by atoms with E-state index < -0.39 is 0 Å². The molecule has 0 radical (unpaired) electrons. The first-order chi connectivity index (χ1) is 14.2. The predicted octanol–water partition coefficient (Wildman–Crippen LogP) is 3.73. The lowest BCUT2D eigenvalue weighted by atomic mass is 10.2. The Hall–Kier alpha value is -2.74. The Bertz CT molecular complexity index is 1020. The molecule has 0 atom stereocenters. The number of piperazine rings is 1. The maximum atomic E-state index is 12.7. The number of carbonyl (C=O) groups excluding carboxylic acids is 1. The van der Waals surface area contributed by atoms with Crippen molar-refractivity contribution >= 4 is 27.7 Å². The monoisotopic (exact) mass is 453 g/mol. The van der Waals surface area contributed by atoms with E-state index in [2.05, 4.69) is 36.0 Å². The molecule has 5 rings (SSSR count). The van der Waals surface area contributed by atoms with Gasteiger partial charge in [-0.05, 0) is 43.2 Å². The number of carbonyl (C=O) groups is 1. The number of rotatable bonds is 4. The number of hydrogen-bond acceptors (Lipinski definition) is 6. The third-order valence-corrected chi connectivity index (χ3v) is 5.83. The summed E-state index contributed by atoms with van der Waals surface area (Å²) in [6.45, 7) is 2.84. The van der Waals surface area contributed by atoms with Crippen LogP contribution >= 0.6 is 15.9 Å². The van der Waals surface area contributed by atoms with E-state index in [0.29, 0.717) is 30.4 Å². The van der Waals surface area contributed by atoms with Crippen LogP contribution in [0.5, 0.6) is 0 Å². The lowest BCUT2D eigenvalue weighted by molar-refractivity contribution is 0.0746. The van der Waals surface area contributed by atoms with E-state index in [4.69, 9.17) is 4.52 Å². The summed E-state index contributed by atoms with van der Waals surface area (Å²) in [5, 5.41) is 4.07. The summed E-state index contributed by atoms with van der Waals surface area (Å²) in [4.78, 5) is 25.8. The third-order valence-electron chi connectivity index (χ3n) is 5.34. The minimum atomic E-state index is 0.0674. The second kappa shape index (κ2) is 7.59. The van der Waals surface area contributed by atoms with Crippen molar-refractivity contribution in [3.63, 3.8) is 0 Å². The number of benzene rings is 1. The van der Waals surface area contributed by atoms with Crippen molar-refractivity contribution in [2.45, 2.75) is 18.8 Å². The highest BCUT2D eigenvalue weighted by Crippen LogP contribution is 2.39.